The summed E-state index contributed by atoms with van der Waals surface area (Å²) in [7, 11) is 0. The average molecular weight is 375 g/mol. The molecule has 1 aromatic heterocycles. The SMILES string of the molecule is O=C(O)c1ccc(Nc2ccnc(Nc3cccc(Cl)c3Cl)n2)cc1. The number of halogens is 2. The van der Waals surface area contributed by atoms with Crippen molar-refractivity contribution in [3.8, 4) is 0 Å². The van der Waals surface area contributed by atoms with E-state index in [0.29, 0.717) is 33.2 Å². The highest BCUT2D eigenvalue weighted by molar-refractivity contribution is 6.43. The number of rotatable bonds is 5. The van der Waals surface area contributed by atoms with Gasteiger partial charge in [-0.2, -0.15) is 4.98 Å². The first-order valence-electron chi connectivity index (χ1n) is 7.17. The second-order valence-corrected chi connectivity index (χ2v) is 5.78. The molecule has 3 N–H and O–H groups in total. The van der Waals surface area contributed by atoms with Gasteiger partial charge >= 0.3 is 5.97 Å². The van der Waals surface area contributed by atoms with Crippen LogP contribution in [-0.4, -0.2) is 21.0 Å². The number of hydrogen-bond donors (Lipinski definition) is 3. The Bertz CT molecular complexity index is 917. The van der Waals surface area contributed by atoms with Crippen molar-refractivity contribution in [2.75, 3.05) is 10.6 Å². The van der Waals surface area contributed by atoms with Crippen molar-refractivity contribution in [1.82, 2.24) is 9.97 Å². The van der Waals surface area contributed by atoms with Gasteiger partial charge in [0.1, 0.15) is 5.82 Å². The second kappa shape index (κ2) is 7.38. The standard InChI is InChI=1S/C17H12Cl2N4O2/c18-12-2-1-3-13(15(12)19)22-17-20-9-8-14(23-17)21-11-6-4-10(5-7-11)16(24)25/h1-9H,(H,24,25)(H2,20,21,22,23). The van der Waals surface area contributed by atoms with Gasteiger partial charge in [0.25, 0.3) is 0 Å². The highest BCUT2D eigenvalue weighted by Gasteiger charge is 2.07. The van der Waals surface area contributed by atoms with Crippen LogP contribution in [0.25, 0.3) is 0 Å². The number of nitrogens with one attached hydrogen (secondary N) is 2. The third kappa shape index (κ3) is 4.17. The maximum absolute atomic E-state index is 10.9. The van der Waals surface area contributed by atoms with Crippen molar-refractivity contribution in [3.05, 3.63) is 70.3 Å². The van der Waals surface area contributed by atoms with Crippen LogP contribution in [0.15, 0.2) is 54.7 Å². The molecule has 8 heteroatoms. The summed E-state index contributed by atoms with van der Waals surface area (Å²) in [6.45, 7) is 0. The van der Waals surface area contributed by atoms with E-state index in [9.17, 15) is 4.79 Å². The lowest BCUT2D eigenvalue weighted by molar-refractivity contribution is 0.0697. The molecule has 0 aliphatic heterocycles. The Morgan fingerprint density at radius 3 is 2.48 bits per heavy atom. The third-order valence-corrected chi connectivity index (χ3v) is 4.08. The minimum Gasteiger partial charge on any atom is -0.478 e. The molecule has 126 valence electrons. The number of carboxylic acids is 1. The van der Waals surface area contributed by atoms with Crippen LogP contribution in [0.4, 0.5) is 23.1 Å². The normalized spacial score (nSPS) is 10.3. The Morgan fingerprint density at radius 1 is 1.00 bits per heavy atom. The molecule has 1 heterocycles. The largest absolute Gasteiger partial charge is 0.478 e. The fourth-order valence-electron chi connectivity index (χ4n) is 2.05. The van der Waals surface area contributed by atoms with E-state index in [2.05, 4.69) is 20.6 Å². The zero-order valence-corrected chi connectivity index (χ0v) is 14.2. The Morgan fingerprint density at radius 2 is 1.76 bits per heavy atom. The maximum Gasteiger partial charge on any atom is 0.335 e. The van der Waals surface area contributed by atoms with Crippen molar-refractivity contribution >= 4 is 52.3 Å². The Balaban J connectivity index is 1.77. The minimum atomic E-state index is -0.974. The van der Waals surface area contributed by atoms with E-state index in [4.69, 9.17) is 28.3 Å². The molecule has 0 bridgehead atoms. The summed E-state index contributed by atoms with van der Waals surface area (Å²) in [5, 5.41) is 15.8. The van der Waals surface area contributed by atoms with Crippen LogP contribution in [0.5, 0.6) is 0 Å². The zero-order chi connectivity index (χ0) is 17.8. The Labute approximate surface area is 153 Å². The predicted octanol–water partition coefficient (Wildman–Crippen LogP) is 4.97. The van der Waals surface area contributed by atoms with Gasteiger partial charge in [-0.05, 0) is 42.5 Å². The van der Waals surface area contributed by atoms with Gasteiger partial charge in [-0.15, -0.1) is 0 Å². The molecule has 0 aliphatic rings. The lowest BCUT2D eigenvalue weighted by Gasteiger charge is -2.10. The summed E-state index contributed by atoms with van der Waals surface area (Å²) in [6.07, 6.45) is 1.59. The van der Waals surface area contributed by atoms with Crippen molar-refractivity contribution in [2.45, 2.75) is 0 Å². The van der Waals surface area contributed by atoms with Gasteiger partial charge in [-0.3, -0.25) is 0 Å². The number of anilines is 4. The number of benzene rings is 2. The molecule has 0 unspecified atom stereocenters. The molecule has 6 nitrogen and oxygen atoms in total. The number of nitrogens with zero attached hydrogens (tertiary/aromatic N) is 2. The van der Waals surface area contributed by atoms with E-state index < -0.39 is 5.97 Å². The molecule has 3 aromatic rings. The molecular formula is C17H12Cl2N4O2. The van der Waals surface area contributed by atoms with Crippen molar-refractivity contribution in [1.29, 1.82) is 0 Å². The molecule has 0 saturated carbocycles. The van der Waals surface area contributed by atoms with Gasteiger partial charge in [0.15, 0.2) is 0 Å². The highest BCUT2D eigenvalue weighted by atomic mass is 35.5. The van der Waals surface area contributed by atoms with Crippen LogP contribution < -0.4 is 10.6 Å². The first-order valence-corrected chi connectivity index (χ1v) is 7.93. The zero-order valence-electron chi connectivity index (χ0n) is 12.7. The van der Waals surface area contributed by atoms with Crippen LogP contribution in [-0.2, 0) is 0 Å². The average Bonchev–Trinajstić information content (AvgIpc) is 2.60. The monoisotopic (exact) mass is 374 g/mol. The van der Waals surface area contributed by atoms with E-state index >= 15 is 0 Å². The van der Waals surface area contributed by atoms with E-state index in [1.165, 1.54) is 12.1 Å². The summed E-state index contributed by atoms with van der Waals surface area (Å²) < 4.78 is 0. The van der Waals surface area contributed by atoms with Gasteiger partial charge in [-0.1, -0.05) is 29.3 Å². The molecule has 0 amide bonds. The van der Waals surface area contributed by atoms with Gasteiger partial charge in [0.2, 0.25) is 5.95 Å². The van der Waals surface area contributed by atoms with Gasteiger partial charge in [-0.25, -0.2) is 9.78 Å². The van der Waals surface area contributed by atoms with Crippen LogP contribution in [0.1, 0.15) is 10.4 Å². The van der Waals surface area contributed by atoms with E-state index in [1.54, 1.807) is 42.6 Å². The molecule has 0 saturated heterocycles. The summed E-state index contributed by atoms with van der Waals surface area (Å²) in [5.74, 6) is -0.0893. The predicted molar refractivity (Wildman–Crippen MR) is 98.5 cm³/mol. The molecule has 0 atom stereocenters. The summed E-state index contributed by atoms with van der Waals surface area (Å²) >= 11 is 12.1. The number of carbonyl (C=O) groups is 1. The summed E-state index contributed by atoms with van der Waals surface area (Å²) in [6, 6.07) is 13.3. The van der Waals surface area contributed by atoms with Gasteiger partial charge in [0.05, 0.1) is 21.3 Å². The smallest absolute Gasteiger partial charge is 0.335 e. The van der Waals surface area contributed by atoms with Gasteiger partial charge in [0, 0.05) is 11.9 Å². The molecule has 0 fully saturated rings. The first-order chi connectivity index (χ1) is 12.0. The van der Waals surface area contributed by atoms with Crippen LogP contribution >= 0.6 is 23.2 Å². The molecule has 3 rings (SSSR count). The molecule has 0 spiro atoms. The third-order valence-electron chi connectivity index (χ3n) is 3.26. The Kier molecular flexibility index (Phi) is 5.02. The fraction of sp³-hybridized carbons (Fsp3) is 0. The molecule has 25 heavy (non-hydrogen) atoms. The number of aromatic nitrogens is 2. The van der Waals surface area contributed by atoms with Crippen molar-refractivity contribution < 1.29 is 9.90 Å². The minimum absolute atomic E-state index is 0.214. The van der Waals surface area contributed by atoms with E-state index in [0.717, 1.165) is 0 Å². The number of hydrogen-bond acceptors (Lipinski definition) is 5. The summed E-state index contributed by atoms with van der Waals surface area (Å²) in [4.78, 5) is 19.4. The lowest BCUT2D eigenvalue weighted by atomic mass is 10.2. The molecule has 0 radical (unpaired) electrons. The second-order valence-electron chi connectivity index (χ2n) is 5.00. The quantitative estimate of drug-likeness (QED) is 0.584. The molecular weight excluding hydrogens is 363 g/mol. The first kappa shape index (κ1) is 17.0. The highest BCUT2D eigenvalue weighted by Crippen LogP contribution is 2.31. The Hall–Kier alpha value is -2.83. The van der Waals surface area contributed by atoms with E-state index in [1.807, 2.05) is 0 Å². The maximum atomic E-state index is 10.9. The topological polar surface area (TPSA) is 87.1 Å². The molecule has 0 aliphatic carbocycles. The summed E-state index contributed by atoms with van der Waals surface area (Å²) in [5.41, 5.74) is 1.51. The fourth-order valence-corrected chi connectivity index (χ4v) is 2.40. The van der Waals surface area contributed by atoms with Crippen LogP contribution in [0, 0.1) is 0 Å². The van der Waals surface area contributed by atoms with E-state index in [-0.39, 0.29) is 5.56 Å². The van der Waals surface area contributed by atoms with Crippen molar-refractivity contribution in [2.24, 2.45) is 0 Å². The lowest BCUT2D eigenvalue weighted by Crippen LogP contribution is -2.01. The number of aromatic carboxylic acids is 1. The molecule has 2 aromatic carbocycles. The van der Waals surface area contributed by atoms with Crippen LogP contribution in [0.3, 0.4) is 0 Å². The number of carboxylic acid groups (broad SMARTS) is 1. The van der Waals surface area contributed by atoms with Crippen molar-refractivity contribution in [3.63, 3.8) is 0 Å². The van der Waals surface area contributed by atoms with Gasteiger partial charge < -0.3 is 15.7 Å². The van der Waals surface area contributed by atoms with Crippen LogP contribution in [0.2, 0.25) is 10.0 Å².